The molecule has 0 aliphatic rings. The van der Waals surface area contributed by atoms with E-state index in [1.54, 1.807) is 6.07 Å². The highest BCUT2D eigenvalue weighted by Crippen LogP contribution is 2.33. The van der Waals surface area contributed by atoms with Crippen molar-refractivity contribution >= 4 is 15.9 Å². The maximum Gasteiger partial charge on any atom is 0.123 e. The van der Waals surface area contributed by atoms with Crippen molar-refractivity contribution in [2.75, 3.05) is 13.1 Å². The van der Waals surface area contributed by atoms with E-state index in [-0.39, 0.29) is 11.2 Å². The zero-order chi connectivity index (χ0) is 15.2. The zero-order valence-electron chi connectivity index (χ0n) is 13.1. The lowest BCUT2D eigenvalue weighted by atomic mass is 9.76. The van der Waals surface area contributed by atoms with Crippen LogP contribution in [0.2, 0.25) is 0 Å². The molecule has 0 heterocycles. The summed E-state index contributed by atoms with van der Waals surface area (Å²) in [5.74, 6) is 0.502. The molecule has 0 aliphatic heterocycles. The van der Waals surface area contributed by atoms with E-state index in [0.29, 0.717) is 5.92 Å². The van der Waals surface area contributed by atoms with Crippen LogP contribution in [0.1, 0.15) is 46.1 Å². The summed E-state index contributed by atoms with van der Waals surface area (Å²) in [6.07, 6.45) is 3.10. The quantitative estimate of drug-likeness (QED) is 0.685. The molecular weight excluding hydrogens is 317 g/mol. The Morgan fingerprint density at radius 1 is 1.25 bits per heavy atom. The summed E-state index contributed by atoms with van der Waals surface area (Å²) in [5, 5.41) is 3.57. The van der Waals surface area contributed by atoms with Crippen molar-refractivity contribution in [2.45, 2.75) is 47.0 Å². The van der Waals surface area contributed by atoms with Crippen LogP contribution in [0.3, 0.4) is 0 Å². The second-order valence-electron chi connectivity index (χ2n) is 6.14. The van der Waals surface area contributed by atoms with Gasteiger partial charge >= 0.3 is 0 Å². The number of hydrogen-bond acceptors (Lipinski definition) is 1. The van der Waals surface area contributed by atoms with Gasteiger partial charge in [0.2, 0.25) is 0 Å². The topological polar surface area (TPSA) is 12.0 Å². The van der Waals surface area contributed by atoms with Crippen molar-refractivity contribution in [1.82, 2.24) is 5.32 Å². The van der Waals surface area contributed by atoms with E-state index in [0.717, 1.165) is 42.4 Å². The van der Waals surface area contributed by atoms with E-state index in [4.69, 9.17) is 0 Å². The predicted octanol–water partition coefficient (Wildman–Crippen LogP) is 5.18. The highest BCUT2D eigenvalue weighted by atomic mass is 79.9. The largest absolute Gasteiger partial charge is 0.316 e. The van der Waals surface area contributed by atoms with E-state index in [1.807, 2.05) is 6.07 Å². The molecule has 0 aromatic heterocycles. The number of nitrogens with one attached hydrogen (secondary N) is 1. The van der Waals surface area contributed by atoms with Crippen LogP contribution >= 0.6 is 15.9 Å². The number of benzene rings is 1. The van der Waals surface area contributed by atoms with Crippen molar-refractivity contribution in [3.63, 3.8) is 0 Å². The van der Waals surface area contributed by atoms with Gasteiger partial charge in [-0.3, -0.25) is 0 Å². The van der Waals surface area contributed by atoms with Gasteiger partial charge in [-0.15, -0.1) is 0 Å². The summed E-state index contributed by atoms with van der Waals surface area (Å²) in [6, 6.07) is 4.97. The third kappa shape index (κ3) is 5.17. The van der Waals surface area contributed by atoms with Crippen molar-refractivity contribution in [1.29, 1.82) is 0 Å². The summed E-state index contributed by atoms with van der Waals surface area (Å²) in [4.78, 5) is 0. The Hall–Kier alpha value is -0.410. The molecule has 0 aliphatic carbocycles. The summed E-state index contributed by atoms with van der Waals surface area (Å²) >= 11 is 3.55. The van der Waals surface area contributed by atoms with Crippen molar-refractivity contribution in [3.8, 4) is 0 Å². The second kappa shape index (κ2) is 8.14. The number of rotatable bonds is 8. The number of hydrogen-bond donors (Lipinski definition) is 1. The van der Waals surface area contributed by atoms with Gasteiger partial charge in [0.1, 0.15) is 5.82 Å². The van der Waals surface area contributed by atoms with Gasteiger partial charge in [0, 0.05) is 11.0 Å². The molecule has 0 saturated heterocycles. The van der Waals surface area contributed by atoms with E-state index in [1.165, 1.54) is 6.07 Å². The first-order valence-electron chi connectivity index (χ1n) is 7.57. The molecule has 0 bridgehead atoms. The molecule has 1 nitrogen and oxygen atoms in total. The lowest BCUT2D eigenvalue weighted by Gasteiger charge is -2.33. The first-order chi connectivity index (χ1) is 9.42. The Morgan fingerprint density at radius 2 is 1.90 bits per heavy atom. The van der Waals surface area contributed by atoms with Gasteiger partial charge in [-0.05, 0) is 60.9 Å². The fraction of sp³-hybridized carbons (Fsp3) is 0.647. The minimum Gasteiger partial charge on any atom is -0.316 e. The third-order valence-electron chi connectivity index (χ3n) is 4.13. The highest BCUT2D eigenvalue weighted by molar-refractivity contribution is 9.10. The molecule has 0 fully saturated rings. The summed E-state index contributed by atoms with van der Waals surface area (Å²) in [6.45, 7) is 10.9. The van der Waals surface area contributed by atoms with E-state index < -0.39 is 0 Å². The van der Waals surface area contributed by atoms with Crippen LogP contribution in [-0.4, -0.2) is 13.1 Å². The lowest BCUT2D eigenvalue weighted by Crippen LogP contribution is -2.37. The molecule has 20 heavy (non-hydrogen) atoms. The SMILES string of the molecule is CCC(CC)(CNCC(C)C)Cc1cc(F)ccc1Br. The fourth-order valence-corrected chi connectivity index (χ4v) is 2.91. The van der Waals surface area contributed by atoms with Crippen LogP contribution in [-0.2, 0) is 6.42 Å². The molecular formula is C17H27BrFN. The fourth-order valence-electron chi connectivity index (χ4n) is 2.52. The van der Waals surface area contributed by atoms with E-state index in [9.17, 15) is 4.39 Å². The van der Waals surface area contributed by atoms with Gasteiger partial charge in [0.05, 0.1) is 0 Å². The molecule has 0 spiro atoms. The maximum atomic E-state index is 13.5. The van der Waals surface area contributed by atoms with Gasteiger partial charge in [-0.25, -0.2) is 4.39 Å². The van der Waals surface area contributed by atoms with Gasteiger partial charge in [0.15, 0.2) is 0 Å². The van der Waals surface area contributed by atoms with Gasteiger partial charge in [0.25, 0.3) is 0 Å². The highest BCUT2D eigenvalue weighted by Gasteiger charge is 2.27. The van der Waals surface area contributed by atoms with E-state index in [2.05, 4.69) is 48.9 Å². The van der Waals surface area contributed by atoms with Crippen LogP contribution in [0.4, 0.5) is 4.39 Å². The van der Waals surface area contributed by atoms with Crippen LogP contribution < -0.4 is 5.32 Å². The summed E-state index contributed by atoms with van der Waals surface area (Å²) in [7, 11) is 0. The second-order valence-corrected chi connectivity index (χ2v) is 7.00. The maximum absolute atomic E-state index is 13.5. The molecule has 0 unspecified atom stereocenters. The Balaban J connectivity index is 2.81. The van der Waals surface area contributed by atoms with Crippen molar-refractivity contribution in [2.24, 2.45) is 11.3 Å². The van der Waals surface area contributed by atoms with Gasteiger partial charge < -0.3 is 5.32 Å². The summed E-state index contributed by atoms with van der Waals surface area (Å²) < 4.78 is 14.5. The van der Waals surface area contributed by atoms with Crippen LogP contribution in [0.25, 0.3) is 0 Å². The van der Waals surface area contributed by atoms with Crippen molar-refractivity contribution < 1.29 is 4.39 Å². The minimum atomic E-state index is -0.153. The normalized spacial score (nSPS) is 12.2. The van der Waals surface area contributed by atoms with E-state index >= 15 is 0 Å². The molecule has 114 valence electrons. The third-order valence-corrected chi connectivity index (χ3v) is 4.90. The Morgan fingerprint density at radius 3 is 2.45 bits per heavy atom. The molecule has 1 aromatic rings. The molecule has 1 rings (SSSR count). The zero-order valence-corrected chi connectivity index (χ0v) is 14.7. The monoisotopic (exact) mass is 343 g/mol. The standard InChI is InChI=1S/C17H27BrFN/c1-5-17(6-2,12-20-11-13(3)4)10-14-9-15(19)7-8-16(14)18/h7-9,13,20H,5-6,10-12H2,1-4H3. The van der Waals surface area contributed by atoms with Crippen molar-refractivity contribution in [3.05, 3.63) is 34.1 Å². The summed E-state index contributed by atoms with van der Waals surface area (Å²) in [5.41, 5.74) is 1.27. The average Bonchev–Trinajstić information content (AvgIpc) is 2.41. The predicted molar refractivity (Wildman–Crippen MR) is 88.5 cm³/mol. The molecule has 0 atom stereocenters. The molecule has 0 saturated carbocycles. The Labute approximate surface area is 131 Å². The first kappa shape index (κ1) is 17.6. The van der Waals surface area contributed by atoms with Gasteiger partial charge in [-0.2, -0.15) is 0 Å². The minimum absolute atomic E-state index is 0.153. The molecule has 1 aromatic carbocycles. The number of halogens is 2. The smallest absolute Gasteiger partial charge is 0.123 e. The lowest BCUT2D eigenvalue weighted by molar-refractivity contribution is 0.242. The van der Waals surface area contributed by atoms with Crippen LogP contribution in [0.15, 0.2) is 22.7 Å². The Bertz CT molecular complexity index is 413. The molecule has 0 amide bonds. The van der Waals surface area contributed by atoms with Crippen LogP contribution in [0, 0.1) is 17.2 Å². The molecule has 3 heteroatoms. The molecule has 1 N–H and O–H groups in total. The van der Waals surface area contributed by atoms with Crippen LogP contribution in [0.5, 0.6) is 0 Å². The molecule has 0 radical (unpaired) electrons. The van der Waals surface area contributed by atoms with Gasteiger partial charge in [-0.1, -0.05) is 43.6 Å². The first-order valence-corrected chi connectivity index (χ1v) is 8.36. The average molecular weight is 344 g/mol. The Kier molecular flexibility index (Phi) is 7.18.